The van der Waals surface area contributed by atoms with Crippen molar-refractivity contribution in [2.75, 3.05) is 6.66 Å². The van der Waals surface area contributed by atoms with Crippen molar-refractivity contribution in [3.05, 3.63) is 29.8 Å². The van der Waals surface area contributed by atoms with Crippen LogP contribution in [0.25, 0.3) is 0 Å². The molecule has 0 aliphatic heterocycles. The first-order valence-electron chi connectivity index (χ1n) is 6.07. The quantitative estimate of drug-likeness (QED) is 0.659. The van der Waals surface area contributed by atoms with Crippen LogP contribution in [0, 0.1) is 6.92 Å². The lowest BCUT2D eigenvalue weighted by molar-refractivity contribution is 0.512. The molecule has 0 nitrogen and oxygen atoms in total. The van der Waals surface area contributed by atoms with Crippen LogP contribution < -0.4 is 5.30 Å². The second kappa shape index (κ2) is 5.12. The first-order valence-corrected chi connectivity index (χ1v) is 7.93. The summed E-state index contributed by atoms with van der Waals surface area (Å²) in [6.07, 6.45) is 7.33. The van der Waals surface area contributed by atoms with Crippen LogP contribution in [0.2, 0.25) is 0 Å². The Morgan fingerprint density at radius 2 is 1.73 bits per heavy atom. The Balaban J connectivity index is 2.12. The molecular formula is C14H21P. The fraction of sp³-hybridized carbons (Fsp3) is 0.571. The average Bonchev–Trinajstić information content (AvgIpc) is 2.30. The van der Waals surface area contributed by atoms with Crippen molar-refractivity contribution in [3.63, 3.8) is 0 Å². The van der Waals surface area contributed by atoms with Gasteiger partial charge in [0.25, 0.3) is 0 Å². The number of hydrogen-bond donors (Lipinski definition) is 0. The lowest BCUT2D eigenvalue weighted by Gasteiger charge is -2.29. The lowest BCUT2D eigenvalue weighted by Crippen LogP contribution is -2.17. The van der Waals surface area contributed by atoms with E-state index >= 15 is 0 Å². The lowest BCUT2D eigenvalue weighted by atomic mass is 10.0. The van der Waals surface area contributed by atoms with E-state index in [2.05, 4.69) is 37.9 Å². The summed E-state index contributed by atoms with van der Waals surface area (Å²) in [5.74, 6) is 0. The first kappa shape index (κ1) is 11.1. The second-order valence-electron chi connectivity index (χ2n) is 4.69. The summed E-state index contributed by atoms with van der Waals surface area (Å²) in [6.45, 7) is 4.74. The van der Waals surface area contributed by atoms with Crippen LogP contribution in [-0.2, 0) is 0 Å². The Kier molecular flexibility index (Phi) is 3.81. The highest BCUT2D eigenvalue weighted by Gasteiger charge is 2.21. The summed E-state index contributed by atoms with van der Waals surface area (Å²) >= 11 is 0. The molecule has 1 heteroatoms. The fourth-order valence-electron chi connectivity index (χ4n) is 2.62. The molecule has 0 spiro atoms. The molecule has 1 aromatic rings. The summed E-state index contributed by atoms with van der Waals surface area (Å²) in [7, 11) is 0.0853. The number of benzene rings is 1. The minimum atomic E-state index is 0.0853. The molecule has 0 N–H and O–H groups in total. The van der Waals surface area contributed by atoms with Crippen LogP contribution in [0.15, 0.2) is 24.3 Å². The van der Waals surface area contributed by atoms with Gasteiger partial charge in [-0.1, -0.05) is 51.4 Å². The van der Waals surface area contributed by atoms with Crippen LogP contribution >= 0.6 is 7.92 Å². The van der Waals surface area contributed by atoms with Crippen LogP contribution in [-0.4, -0.2) is 12.3 Å². The summed E-state index contributed by atoms with van der Waals surface area (Å²) in [6, 6.07) is 8.96. The normalized spacial score (nSPS) is 20.1. The standard InChI is InChI=1S/C14H21P/c1-12-8-6-7-11-14(12)15(2)13-9-4-3-5-10-13/h6-8,11,13H,3-5,9-10H2,1-2H3. The molecule has 0 radical (unpaired) electrons. The largest absolute Gasteiger partial charge is 0.0750 e. The maximum Gasteiger partial charge on any atom is -0.0171 e. The van der Waals surface area contributed by atoms with Gasteiger partial charge in [-0.05, 0) is 43.0 Å². The molecule has 1 aliphatic rings. The Morgan fingerprint density at radius 3 is 2.40 bits per heavy atom. The van der Waals surface area contributed by atoms with E-state index in [1.165, 1.54) is 37.7 Å². The molecular weight excluding hydrogens is 199 g/mol. The maximum absolute atomic E-state index is 2.48. The maximum atomic E-state index is 2.48. The third-order valence-electron chi connectivity index (χ3n) is 3.62. The molecule has 82 valence electrons. The minimum Gasteiger partial charge on any atom is -0.0750 e. The number of rotatable bonds is 2. The Hall–Kier alpha value is -0.350. The van der Waals surface area contributed by atoms with Crippen molar-refractivity contribution >= 4 is 13.2 Å². The molecule has 1 atom stereocenters. The van der Waals surface area contributed by atoms with Gasteiger partial charge >= 0.3 is 0 Å². The first-order chi connectivity index (χ1) is 7.29. The molecule has 1 aromatic carbocycles. The third-order valence-corrected chi connectivity index (χ3v) is 6.49. The van der Waals surface area contributed by atoms with Gasteiger partial charge in [-0.25, -0.2) is 0 Å². The van der Waals surface area contributed by atoms with Crippen molar-refractivity contribution in [3.8, 4) is 0 Å². The Labute approximate surface area is 94.8 Å². The van der Waals surface area contributed by atoms with Crippen molar-refractivity contribution in [1.29, 1.82) is 0 Å². The molecule has 1 fully saturated rings. The molecule has 0 saturated heterocycles. The summed E-state index contributed by atoms with van der Waals surface area (Å²) in [4.78, 5) is 0. The number of hydrogen-bond acceptors (Lipinski definition) is 0. The second-order valence-corrected chi connectivity index (χ2v) is 7.12. The van der Waals surface area contributed by atoms with Crippen LogP contribution in [0.4, 0.5) is 0 Å². The zero-order chi connectivity index (χ0) is 10.7. The molecule has 1 unspecified atom stereocenters. The minimum absolute atomic E-state index is 0.0853. The van der Waals surface area contributed by atoms with Gasteiger partial charge in [-0.2, -0.15) is 0 Å². The Bertz CT molecular complexity index is 313. The van der Waals surface area contributed by atoms with Crippen molar-refractivity contribution in [2.45, 2.75) is 44.7 Å². The van der Waals surface area contributed by atoms with Gasteiger partial charge in [0.15, 0.2) is 0 Å². The van der Waals surface area contributed by atoms with Crippen molar-refractivity contribution < 1.29 is 0 Å². The molecule has 15 heavy (non-hydrogen) atoms. The van der Waals surface area contributed by atoms with Crippen molar-refractivity contribution in [1.82, 2.24) is 0 Å². The molecule has 0 bridgehead atoms. The van der Waals surface area contributed by atoms with Gasteiger partial charge in [-0.3, -0.25) is 0 Å². The summed E-state index contributed by atoms with van der Waals surface area (Å²) in [5, 5.41) is 1.64. The topological polar surface area (TPSA) is 0 Å². The molecule has 0 aromatic heterocycles. The van der Waals surface area contributed by atoms with Gasteiger partial charge in [0.2, 0.25) is 0 Å². The zero-order valence-corrected chi connectivity index (χ0v) is 10.8. The Morgan fingerprint density at radius 1 is 1.07 bits per heavy atom. The molecule has 2 rings (SSSR count). The van der Waals surface area contributed by atoms with Gasteiger partial charge in [0.1, 0.15) is 0 Å². The highest BCUT2D eigenvalue weighted by molar-refractivity contribution is 7.65. The fourth-order valence-corrected chi connectivity index (χ4v) is 5.11. The number of aryl methyl sites for hydroxylation is 1. The van der Waals surface area contributed by atoms with E-state index in [4.69, 9.17) is 0 Å². The highest BCUT2D eigenvalue weighted by atomic mass is 31.1. The predicted octanol–water partition coefficient (Wildman–Crippen LogP) is 4.06. The third kappa shape index (κ3) is 2.61. The predicted molar refractivity (Wildman–Crippen MR) is 70.5 cm³/mol. The van der Waals surface area contributed by atoms with E-state index in [9.17, 15) is 0 Å². The zero-order valence-electron chi connectivity index (χ0n) is 9.87. The van der Waals surface area contributed by atoms with Crippen LogP contribution in [0.3, 0.4) is 0 Å². The molecule has 0 heterocycles. The van der Waals surface area contributed by atoms with E-state index in [0.717, 1.165) is 5.66 Å². The molecule has 1 aliphatic carbocycles. The monoisotopic (exact) mass is 220 g/mol. The SMILES string of the molecule is Cc1ccccc1P(C)C1CCCCC1. The summed E-state index contributed by atoms with van der Waals surface area (Å²) in [5.41, 5.74) is 2.49. The smallest absolute Gasteiger partial charge is 0.0171 e. The van der Waals surface area contributed by atoms with Gasteiger partial charge in [-0.15, -0.1) is 0 Å². The van der Waals surface area contributed by atoms with Crippen molar-refractivity contribution in [2.24, 2.45) is 0 Å². The highest BCUT2D eigenvalue weighted by Crippen LogP contribution is 2.44. The van der Waals surface area contributed by atoms with Crippen LogP contribution in [0.1, 0.15) is 37.7 Å². The van der Waals surface area contributed by atoms with E-state index in [-0.39, 0.29) is 7.92 Å². The van der Waals surface area contributed by atoms with E-state index < -0.39 is 0 Å². The van der Waals surface area contributed by atoms with Gasteiger partial charge < -0.3 is 0 Å². The van der Waals surface area contributed by atoms with E-state index in [1.54, 1.807) is 5.30 Å². The van der Waals surface area contributed by atoms with E-state index in [0.29, 0.717) is 0 Å². The van der Waals surface area contributed by atoms with Gasteiger partial charge in [0, 0.05) is 0 Å². The van der Waals surface area contributed by atoms with Crippen LogP contribution in [0.5, 0.6) is 0 Å². The average molecular weight is 220 g/mol. The van der Waals surface area contributed by atoms with Gasteiger partial charge in [0.05, 0.1) is 0 Å². The molecule has 0 amide bonds. The molecule has 1 saturated carbocycles. The van der Waals surface area contributed by atoms with E-state index in [1.807, 2.05) is 0 Å². The summed E-state index contributed by atoms with van der Waals surface area (Å²) < 4.78 is 0.